The molecule has 0 aliphatic rings. The molecule has 0 saturated carbocycles. The molecule has 0 saturated heterocycles. The lowest BCUT2D eigenvalue weighted by molar-refractivity contribution is 0.0938. The first-order valence-corrected chi connectivity index (χ1v) is 7.07. The minimum Gasteiger partial charge on any atom is -0.354 e. The van der Waals surface area contributed by atoms with Gasteiger partial charge < -0.3 is 10.6 Å². The van der Waals surface area contributed by atoms with E-state index in [1.54, 1.807) is 12.3 Å². The molecule has 1 aromatic heterocycles. The molecule has 0 radical (unpaired) electrons. The van der Waals surface area contributed by atoms with Crippen molar-refractivity contribution in [3.63, 3.8) is 0 Å². The summed E-state index contributed by atoms with van der Waals surface area (Å²) in [6.07, 6.45) is 1.68. The molecule has 1 aromatic carbocycles. The van der Waals surface area contributed by atoms with Crippen molar-refractivity contribution < 1.29 is 4.79 Å². The van der Waals surface area contributed by atoms with Gasteiger partial charge in [-0.05, 0) is 51.5 Å². The van der Waals surface area contributed by atoms with Crippen molar-refractivity contribution in [3.8, 4) is 0 Å². The Balaban J connectivity index is 2.10. The molecular weight excluding hydrogens is 262 g/mol. The van der Waals surface area contributed by atoms with Crippen molar-refractivity contribution in [1.82, 2.24) is 10.3 Å². The Morgan fingerprint density at radius 1 is 1.14 bits per heavy atom. The predicted octanol–water partition coefficient (Wildman–Crippen LogP) is 3.58. The molecule has 0 atom stereocenters. The highest BCUT2D eigenvalue weighted by Gasteiger charge is 2.08. The van der Waals surface area contributed by atoms with Gasteiger partial charge in [0, 0.05) is 11.7 Å². The van der Waals surface area contributed by atoms with Crippen LogP contribution in [0, 0.1) is 13.8 Å². The van der Waals surface area contributed by atoms with Crippen LogP contribution in [0.2, 0.25) is 0 Å². The van der Waals surface area contributed by atoms with E-state index >= 15 is 0 Å². The van der Waals surface area contributed by atoms with Crippen molar-refractivity contribution >= 4 is 17.3 Å². The van der Waals surface area contributed by atoms with E-state index in [1.807, 2.05) is 26.0 Å². The number of amides is 1. The Labute approximate surface area is 125 Å². The number of aryl methyl sites for hydroxylation is 2. The molecule has 0 aliphatic carbocycles. The molecule has 2 N–H and O–H groups in total. The molecule has 4 heteroatoms. The van der Waals surface area contributed by atoms with E-state index in [2.05, 4.69) is 41.6 Å². The third kappa shape index (κ3) is 4.05. The van der Waals surface area contributed by atoms with E-state index in [-0.39, 0.29) is 11.9 Å². The van der Waals surface area contributed by atoms with Crippen LogP contribution in [0.15, 0.2) is 36.5 Å². The van der Waals surface area contributed by atoms with Gasteiger partial charge in [0.25, 0.3) is 5.91 Å². The molecular formula is C17H21N3O. The Hall–Kier alpha value is -2.36. The van der Waals surface area contributed by atoms with Gasteiger partial charge in [0.2, 0.25) is 0 Å². The van der Waals surface area contributed by atoms with E-state index in [4.69, 9.17) is 0 Å². The molecule has 21 heavy (non-hydrogen) atoms. The van der Waals surface area contributed by atoms with Crippen LogP contribution in [0.1, 0.15) is 35.5 Å². The smallest absolute Gasteiger partial charge is 0.270 e. The SMILES string of the molecule is Cc1ccc(Nc2ccc(C(=O)NC(C)C)nc2)c(C)c1. The van der Waals surface area contributed by atoms with Crippen LogP contribution in [-0.2, 0) is 0 Å². The lowest BCUT2D eigenvalue weighted by atomic mass is 10.1. The number of carbonyl (C=O) groups is 1. The Bertz CT molecular complexity index is 633. The van der Waals surface area contributed by atoms with Crippen molar-refractivity contribution in [1.29, 1.82) is 0 Å². The van der Waals surface area contributed by atoms with Crippen LogP contribution in [0.5, 0.6) is 0 Å². The second-order valence-electron chi connectivity index (χ2n) is 5.50. The number of aromatic nitrogens is 1. The number of rotatable bonds is 4. The molecule has 110 valence electrons. The molecule has 1 heterocycles. The van der Waals surface area contributed by atoms with E-state index in [0.717, 1.165) is 11.4 Å². The topological polar surface area (TPSA) is 54.0 Å². The molecule has 0 aliphatic heterocycles. The fourth-order valence-electron chi connectivity index (χ4n) is 2.05. The van der Waals surface area contributed by atoms with Gasteiger partial charge in [0.1, 0.15) is 5.69 Å². The van der Waals surface area contributed by atoms with Crippen molar-refractivity contribution in [2.24, 2.45) is 0 Å². The number of nitrogens with one attached hydrogen (secondary N) is 2. The zero-order chi connectivity index (χ0) is 15.4. The summed E-state index contributed by atoms with van der Waals surface area (Å²) in [6.45, 7) is 7.98. The first-order chi connectivity index (χ1) is 9.95. The minimum atomic E-state index is -0.150. The van der Waals surface area contributed by atoms with Gasteiger partial charge in [-0.1, -0.05) is 17.7 Å². The van der Waals surface area contributed by atoms with Gasteiger partial charge in [-0.25, -0.2) is 4.98 Å². The minimum absolute atomic E-state index is 0.104. The van der Waals surface area contributed by atoms with E-state index < -0.39 is 0 Å². The van der Waals surface area contributed by atoms with Crippen LogP contribution in [-0.4, -0.2) is 16.9 Å². The molecule has 0 fully saturated rings. The zero-order valence-corrected chi connectivity index (χ0v) is 12.9. The maximum atomic E-state index is 11.8. The maximum Gasteiger partial charge on any atom is 0.270 e. The summed E-state index contributed by atoms with van der Waals surface area (Å²) in [5.41, 5.74) is 4.74. The average Bonchev–Trinajstić information content (AvgIpc) is 2.42. The van der Waals surface area contributed by atoms with Crippen LogP contribution in [0.3, 0.4) is 0 Å². The van der Waals surface area contributed by atoms with Gasteiger partial charge in [-0.2, -0.15) is 0 Å². The van der Waals surface area contributed by atoms with E-state index in [1.165, 1.54) is 11.1 Å². The monoisotopic (exact) mass is 283 g/mol. The Morgan fingerprint density at radius 2 is 1.90 bits per heavy atom. The number of hydrogen-bond acceptors (Lipinski definition) is 3. The molecule has 0 spiro atoms. The Morgan fingerprint density at radius 3 is 2.48 bits per heavy atom. The molecule has 1 amide bonds. The molecule has 2 aromatic rings. The number of carbonyl (C=O) groups excluding carboxylic acids is 1. The number of nitrogens with zero attached hydrogens (tertiary/aromatic N) is 1. The molecule has 0 bridgehead atoms. The highest BCUT2D eigenvalue weighted by atomic mass is 16.1. The standard InChI is InChI=1S/C17H21N3O/c1-11(2)19-17(21)16-8-6-14(10-18-16)20-15-7-5-12(3)9-13(15)4/h5-11,20H,1-4H3,(H,19,21). The maximum absolute atomic E-state index is 11.8. The fourth-order valence-corrected chi connectivity index (χ4v) is 2.05. The third-order valence-corrected chi connectivity index (χ3v) is 3.08. The van der Waals surface area contributed by atoms with Crippen molar-refractivity contribution in [2.75, 3.05) is 5.32 Å². The average molecular weight is 283 g/mol. The summed E-state index contributed by atoms with van der Waals surface area (Å²) < 4.78 is 0. The number of anilines is 2. The Kier molecular flexibility index (Phi) is 4.58. The lowest BCUT2D eigenvalue weighted by Gasteiger charge is -2.11. The zero-order valence-electron chi connectivity index (χ0n) is 12.9. The van der Waals surface area contributed by atoms with Gasteiger partial charge >= 0.3 is 0 Å². The fraction of sp³-hybridized carbons (Fsp3) is 0.294. The van der Waals surface area contributed by atoms with Crippen molar-refractivity contribution in [3.05, 3.63) is 53.3 Å². The van der Waals surface area contributed by atoms with Crippen LogP contribution < -0.4 is 10.6 Å². The number of pyridine rings is 1. The highest BCUT2D eigenvalue weighted by molar-refractivity contribution is 5.92. The second kappa shape index (κ2) is 6.39. The van der Waals surface area contributed by atoms with Gasteiger partial charge in [0.15, 0.2) is 0 Å². The lowest BCUT2D eigenvalue weighted by Crippen LogP contribution is -2.30. The first kappa shape index (κ1) is 15.0. The first-order valence-electron chi connectivity index (χ1n) is 7.07. The predicted molar refractivity (Wildman–Crippen MR) is 86.0 cm³/mol. The summed E-state index contributed by atoms with van der Waals surface area (Å²) in [7, 11) is 0. The van der Waals surface area contributed by atoms with Crippen LogP contribution in [0.4, 0.5) is 11.4 Å². The molecule has 0 unspecified atom stereocenters. The summed E-state index contributed by atoms with van der Waals surface area (Å²) in [5.74, 6) is -0.150. The summed E-state index contributed by atoms with van der Waals surface area (Å²) in [5, 5.41) is 6.13. The quantitative estimate of drug-likeness (QED) is 0.901. The van der Waals surface area contributed by atoms with Crippen LogP contribution >= 0.6 is 0 Å². The number of benzene rings is 1. The highest BCUT2D eigenvalue weighted by Crippen LogP contribution is 2.21. The van der Waals surface area contributed by atoms with Gasteiger partial charge in [-0.3, -0.25) is 4.79 Å². The second-order valence-corrected chi connectivity index (χ2v) is 5.50. The summed E-state index contributed by atoms with van der Waals surface area (Å²) >= 11 is 0. The van der Waals surface area contributed by atoms with Gasteiger partial charge in [0.05, 0.1) is 11.9 Å². The molecule has 4 nitrogen and oxygen atoms in total. The summed E-state index contributed by atoms with van der Waals surface area (Å²) in [4.78, 5) is 16.0. The largest absolute Gasteiger partial charge is 0.354 e. The van der Waals surface area contributed by atoms with E-state index in [0.29, 0.717) is 5.69 Å². The van der Waals surface area contributed by atoms with Crippen LogP contribution in [0.25, 0.3) is 0 Å². The van der Waals surface area contributed by atoms with Crippen molar-refractivity contribution in [2.45, 2.75) is 33.7 Å². The summed E-state index contributed by atoms with van der Waals surface area (Å²) in [6, 6.07) is 9.93. The normalized spacial score (nSPS) is 10.5. The van der Waals surface area contributed by atoms with E-state index in [9.17, 15) is 4.79 Å². The van der Waals surface area contributed by atoms with Gasteiger partial charge in [-0.15, -0.1) is 0 Å². The number of hydrogen-bond donors (Lipinski definition) is 2. The molecule has 2 rings (SSSR count). The third-order valence-electron chi connectivity index (χ3n) is 3.08.